The van der Waals surface area contributed by atoms with Gasteiger partial charge in [0.25, 0.3) is 0 Å². The van der Waals surface area contributed by atoms with E-state index in [0.717, 1.165) is 5.56 Å². The Morgan fingerprint density at radius 1 is 1.50 bits per heavy atom. The Morgan fingerprint density at radius 3 is 2.65 bits per heavy atom. The number of hydrogen-bond donors (Lipinski definition) is 1. The van der Waals surface area contributed by atoms with Crippen molar-refractivity contribution in [1.29, 1.82) is 0 Å². The van der Waals surface area contributed by atoms with E-state index in [9.17, 15) is 18.0 Å². The molecule has 2 atom stereocenters. The molecule has 20 heavy (non-hydrogen) atoms. The zero-order chi connectivity index (χ0) is 15.1. The van der Waals surface area contributed by atoms with Gasteiger partial charge in [0.05, 0.1) is 16.3 Å². The lowest BCUT2D eigenvalue weighted by Crippen LogP contribution is -2.33. The summed E-state index contributed by atoms with van der Waals surface area (Å²) < 4.78 is 39.3. The first kappa shape index (κ1) is 15.1. The highest BCUT2D eigenvalue weighted by molar-refractivity contribution is 9.10. The fourth-order valence-corrected chi connectivity index (χ4v) is 2.79. The van der Waals surface area contributed by atoms with Gasteiger partial charge in [-0.05, 0) is 34.5 Å². The Kier molecular flexibility index (Phi) is 3.95. The first-order valence-electron chi connectivity index (χ1n) is 5.87. The van der Waals surface area contributed by atoms with Crippen molar-refractivity contribution in [1.82, 2.24) is 4.98 Å². The summed E-state index contributed by atoms with van der Waals surface area (Å²) in [6, 6.07) is 1.72. The summed E-state index contributed by atoms with van der Waals surface area (Å²) in [5.41, 5.74) is 0.831. The number of pyridine rings is 1. The maximum Gasteiger partial charge on any atom is 0.394 e. The molecule has 110 valence electrons. The number of aromatic nitrogens is 1. The number of halogens is 4. The largest absolute Gasteiger partial charge is 0.481 e. The van der Waals surface area contributed by atoms with Gasteiger partial charge in [0.2, 0.25) is 0 Å². The van der Waals surface area contributed by atoms with E-state index in [0.29, 0.717) is 10.3 Å². The van der Waals surface area contributed by atoms with E-state index in [1.807, 2.05) is 0 Å². The predicted octanol–water partition coefficient (Wildman–Crippen LogP) is 2.85. The van der Waals surface area contributed by atoms with Crippen molar-refractivity contribution in [2.24, 2.45) is 11.8 Å². The van der Waals surface area contributed by atoms with Gasteiger partial charge in [-0.1, -0.05) is 0 Å². The van der Waals surface area contributed by atoms with Crippen LogP contribution in [0.1, 0.15) is 5.56 Å². The molecule has 2 heterocycles. The van der Waals surface area contributed by atoms with Crippen molar-refractivity contribution in [3.05, 3.63) is 22.3 Å². The Hall–Kier alpha value is -1.31. The lowest BCUT2D eigenvalue weighted by Gasteiger charge is -2.20. The molecule has 0 spiro atoms. The van der Waals surface area contributed by atoms with Crippen molar-refractivity contribution in [2.75, 3.05) is 18.0 Å². The quantitative estimate of drug-likeness (QED) is 0.889. The van der Waals surface area contributed by atoms with Gasteiger partial charge >= 0.3 is 12.1 Å². The number of aryl methyl sites for hydroxylation is 1. The number of alkyl halides is 3. The van der Waals surface area contributed by atoms with Crippen LogP contribution in [0, 0.1) is 18.8 Å². The second kappa shape index (κ2) is 5.23. The predicted molar refractivity (Wildman–Crippen MR) is 69.6 cm³/mol. The third kappa shape index (κ3) is 2.74. The van der Waals surface area contributed by atoms with Gasteiger partial charge in [0, 0.05) is 19.3 Å². The molecule has 1 aromatic heterocycles. The number of rotatable bonds is 2. The molecule has 1 saturated heterocycles. The molecule has 1 aliphatic heterocycles. The molecule has 4 nitrogen and oxygen atoms in total. The summed E-state index contributed by atoms with van der Waals surface area (Å²) in [6.07, 6.45) is -3.04. The van der Waals surface area contributed by atoms with Crippen molar-refractivity contribution in [2.45, 2.75) is 13.1 Å². The van der Waals surface area contributed by atoms with Crippen LogP contribution in [0.25, 0.3) is 0 Å². The molecule has 0 aromatic carbocycles. The zero-order valence-electron chi connectivity index (χ0n) is 10.5. The third-order valence-corrected chi connectivity index (χ3v) is 4.40. The Bertz CT molecular complexity index is 536. The van der Waals surface area contributed by atoms with Gasteiger partial charge in [-0.25, -0.2) is 4.98 Å². The average molecular weight is 353 g/mol. The number of carboxylic acids is 1. The third-order valence-electron chi connectivity index (χ3n) is 3.42. The maximum absolute atomic E-state index is 12.9. The van der Waals surface area contributed by atoms with E-state index in [1.54, 1.807) is 13.0 Å². The molecular formula is C12H12BrF3N2O2. The zero-order valence-corrected chi connectivity index (χ0v) is 12.1. The average Bonchev–Trinajstić information content (AvgIpc) is 2.77. The summed E-state index contributed by atoms with van der Waals surface area (Å²) in [5.74, 6) is -4.43. The van der Waals surface area contributed by atoms with Crippen molar-refractivity contribution < 1.29 is 23.1 Å². The van der Waals surface area contributed by atoms with E-state index >= 15 is 0 Å². The van der Waals surface area contributed by atoms with Crippen LogP contribution in [0.15, 0.2) is 16.7 Å². The topological polar surface area (TPSA) is 53.4 Å². The molecule has 1 N–H and O–H groups in total. The fraction of sp³-hybridized carbons (Fsp3) is 0.500. The summed E-state index contributed by atoms with van der Waals surface area (Å²) in [5, 5.41) is 8.98. The molecule has 0 bridgehead atoms. The van der Waals surface area contributed by atoms with Gasteiger partial charge in [0.1, 0.15) is 5.82 Å². The van der Waals surface area contributed by atoms with Gasteiger partial charge in [0.15, 0.2) is 0 Å². The number of anilines is 1. The Morgan fingerprint density at radius 2 is 2.15 bits per heavy atom. The molecule has 0 saturated carbocycles. The second-order valence-electron chi connectivity index (χ2n) is 4.76. The number of carbonyl (C=O) groups is 1. The summed E-state index contributed by atoms with van der Waals surface area (Å²) >= 11 is 3.28. The number of aliphatic carboxylic acids is 1. The van der Waals surface area contributed by atoms with Crippen LogP contribution in [0.4, 0.5) is 19.0 Å². The van der Waals surface area contributed by atoms with Crippen LogP contribution in [0.2, 0.25) is 0 Å². The SMILES string of the molecule is Cc1ccnc(N2C[C@@H](C(F)(F)F)[C@H](C(=O)O)C2)c1Br. The van der Waals surface area contributed by atoms with E-state index in [2.05, 4.69) is 20.9 Å². The second-order valence-corrected chi connectivity index (χ2v) is 5.56. The summed E-state index contributed by atoms with van der Waals surface area (Å²) in [6.45, 7) is 1.20. The molecule has 0 unspecified atom stereocenters. The number of hydrogen-bond acceptors (Lipinski definition) is 3. The number of nitrogens with zero attached hydrogens (tertiary/aromatic N) is 2. The highest BCUT2D eigenvalue weighted by Gasteiger charge is 2.53. The van der Waals surface area contributed by atoms with E-state index in [-0.39, 0.29) is 6.54 Å². The standard InChI is InChI=1S/C12H12BrF3N2O2/c1-6-2-3-17-10(9(6)13)18-4-7(11(19)20)8(5-18)12(14,15)16/h2-3,7-8H,4-5H2,1H3,(H,19,20)/t7-,8-/m1/s1. The van der Waals surface area contributed by atoms with Gasteiger partial charge in [-0.3, -0.25) is 4.79 Å². The molecule has 2 rings (SSSR count). The smallest absolute Gasteiger partial charge is 0.394 e. The Balaban J connectivity index is 2.33. The van der Waals surface area contributed by atoms with Crippen LogP contribution in [-0.4, -0.2) is 35.3 Å². The molecular weight excluding hydrogens is 341 g/mol. The molecule has 0 radical (unpaired) electrons. The van der Waals surface area contributed by atoms with Crippen molar-refractivity contribution in [3.8, 4) is 0 Å². The van der Waals surface area contributed by atoms with E-state index in [1.165, 1.54) is 11.1 Å². The minimum Gasteiger partial charge on any atom is -0.481 e. The highest BCUT2D eigenvalue weighted by Crippen LogP contribution is 2.40. The summed E-state index contributed by atoms with van der Waals surface area (Å²) in [7, 11) is 0. The lowest BCUT2D eigenvalue weighted by atomic mass is 9.96. The van der Waals surface area contributed by atoms with Gasteiger partial charge in [-0.15, -0.1) is 0 Å². The van der Waals surface area contributed by atoms with Gasteiger partial charge < -0.3 is 10.0 Å². The first-order valence-corrected chi connectivity index (χ1v) is 6.66. The maximum atomic E-state index is 12.9. The normalized spacial score (nSPS) is 23.1. The fourth-order valence-electron chi connectivity index (χ4n) is 2.30. The van der Waals surface area contributed by atoms with Crippen molar-refractivity contribution >= 4 is 27.7 Å². The van der Waals surface area contributed by atoms with Crippen LogP contribution < -0.4 is 4.90 Å². The van der Waals surface area contributed by atoms with E-state index < -0.39 is 30.5 Å². The first-order chi connectivity index (χ1) is 9.21. The van der Waals surface area contributed by atoms with Crippen LogP contribution in [0.3, 0.4) is 0 Å². The minimum absolute atomic E-state index is 0.200. The number of carboxylic acid groups (broad SMARTS) is 1. The monoisotopic (exact) mass is 352 g/mol. The molecule has 0 amide bonds. The van der Waals surface area contributed by atoms with Crippen molar-refractivity contribution in [3.63, 3.8) is 0 Å². The highest BCUT2D eigenvalue weighted by atomic mass is 79.9. The van der Waals surface area contributed by atoms with Crippen LogP contribution in [0.5, 0.6) is 0 Å². The lowest BCUT2D eigenvalue weighted by molar-refractivity contribution is -0.187. The molecule has 1 aliphatic rings. The van der Waals surface area contributed by atoms with Crippen LogP contribution >= 0.6 is 15.9 Å². The Labute approximate surface area is 121 Å². The molecule has 1 aromatic rings. The summed E-state index contributed by atoms with van der Waals surface area (Å²) in [4.78, 5) is 16.4. The van der Waals surface area contributed by atoms with Gasteiger partial charge in [-0.2, -0.15) is 13.2 Å². The molecule has 8 heteroatoms. The van der Waals surface area contributed by atoms with Crippen LogP contribution in [-0.2, 0) is 4.79 Å². The molecule has 0 aliphatic carbocycles. The van der Waals surface area contributed by atoms with E-state index in [4.69, 9.17) is 5.11 Å². The minimum atomic E-state index is -4.53. The molecule has 1 fully saturated rings.